The molecular weight excluding hydrogens is 338 g/mol. The molecule has 1 heterocycles. The fourth-order valence-electron chi connectivity index (χ4n) is 3.05. The SMILES string of the molecule is CCCNC(=O)c1ccc(-c2nc3ccccc3n(CC(C)C)c2=O)cc1. The lowest BCUT2D eigenvalue weighted by Gasteiger charge is -2.14. The van der Waals surface area contributed by atoms with E-state index in [1.807, 2.05) is 31.2 Å². The molecule has 0 aliphatic rings. The lowest BCUT2D eigenvalue weighted by atomic mass is 10.1. The highest BCUT2D eigenvalue weighted by Crippen LogP contribution is 2.19. The van der Waals surface area contributed by atoms with E-state index >= 15 is 0 Å². The summed E-state index contributed by atoms with van der Waals surface area (Å²) in [7, 11) is 0. The maximum Gasteiger partial charge on any atom is 0.277 e. The minimum absolute atomic E-state index is 0.105. The lowest BCUT2D eigenvalue weighted by molar-refractivity contribution is 0.0953. The van der Waals surface area contributed by atoms with Crippen molar-refractivity contribution in [3.63, 3.8) is 0 Å². The Kier molecular flexibility index (Phi) is 5.69. The standard InChI is InChI=1S/C22H25N3O2/c1-4-13-23-21(26)17-11-9-16(10-12-17)20-22(27)25(14-15(2)3)19-8-6-5-7-18(19)24-20/h5-12,15H,4,13-14H2,1-3H3,(H,23,26). The average molecular weight is 363 g/mol. The van der Waals surface area contributed by atoms with Crippen LogP contribution in [0.25, 0.3) is 22.3 Å². The average Bonchev–Trinajstić information content (AvgIpc) is 2.68. The fourth-order valence-corrected chi connectivity index (χ4v) is 3.05. The molecule has 140 valence electrons. The first-order chi connectivity index (χ1) is 13.0. The lowest BCUT2D eigenvalue weighted by Crippen LogP contribution is -2.26. The van der Waals surface area contributed by atoms with E-state index in [1.165, 1.54) is 0 Å². The zero-order chi connectivity index (χ0) is 19.4. The van der Waals surface area contributed by atoms with Crippen LogP contribution < -0.4 is 10.9 Å². The smallest absolute Gasteiger partial charge is 0.277 e. The van der Waals surface area contributed by atoms with Gasteiger partial charge in [-0.1, -0.05) is 45.0 Å². The number of nitrogens with one attached hydrogen (secondary N) is 1. The van der Waals surface area contributed by atoms with Crippen LogP contribution in [0.2, 0.25) is 0 Å². The van der Waals surface area contributed by atoms with Crippen LogP contribution in [0.4, 0.5) is 0 Å². The molecule has 3 aromatic rings. The maximum absolute atomic E-state index is 13.1. The second-order valence-corrected chi connectivity index (χ2v) is 7.09. The van der Waals surface area contributed by atoms with Gasteiger partial charge in [-0.2, -0.15) is 0 Å². The molecule has 27 heavy (non-hydrogen) atoms. The van der Waals surface area contributed by atoms with Gasteiger partial charge in [0.15, 0.2) is 0 Å². The van der Waals surface area contributed by atoms with Crippen LogP contribution >= 0.6 is 0 Å². The Bertz CT molecular complexity index is 1000. The molecule has 1 aromatic heterocycles. The molecule has 0 unspecified atom stereocenters. The van der Waals surface area contributed by atoms with E-state index in [0.717, 1.165) is 23.0 Å². The van der Waals surface area contributed by atoms with Crippen molar-refractivity contribution in [1.29, 1.82) is 0 Å². The third-order valence-electron chi connectivity index (χ3n) is 4.36. The molecule has 5 heteroatoms. The van der Waals surface area contributed by atoms with Gasteiger partial charge < -0.3 is 9.88 Å². The van der Waals surface area contributed by atoms with E-state index < -0.39 is 0 Å². The third-order valence-corrected chi connectivity index (χ3v) is 4.36. The molecule has 0 saturated heterocycles. The Balaban J connectivity index is 2.05. The van der Waals surface area contributed by atoms with Crippen LogP contribution in [0.3, 0.4) is 0 Å². The van der Waals surface area contributed by atoms with Crippen molar-refractivity contribution in [2.24, 2.45) is 5.92 Å². The van der Waals surface area contributed by atoms with Crippen LogP contribution in [0.5, 0.6) is 0 Å². The Morgan fingerprint density at radius 3 is 2.48 bits per heavy atom. The Morgan fingerprint density at radius 2 is 1.81 bits per heavy atom. The van der Waals surface area contributed by atoms with Gasteiger partial charge in [0.25, 0.3) is 11.5 Å². The third kappa shape index (κ3) is 4.08. The summed E-state index contributed by atoms with van der Waals surface area (Å²) < 4.78 is 1.80. The van der Waals surface area contributed by atoms with E-state index in [-0.39, 0.29) is 11.5 Å². The highest BCUT2D eigenvalue weighted by atomic mass is 16.1. The number of benzene rings is 2. The summed E-state index contributed by atoms with van der Waals surface area (Å²) in [5.41, 5.74) is 3.24. The Morgan fingerprint density at radius 1 is 1.11 bits per heavy atom. The van der Waals surface area contributed by atoms with Crippen molar-refractivity contribution < 1.29 is 4.79 Å². The molecule has 0 spiro atoms. The number of hydrogen-bond donors (Lipinski definition) is 1. The Labute approximate surface area is 159 Å². The summed E-state index contributed by atoms with van der Waals surface area (Å²) >= 11 is 0. The summed E-state index contributed by atoms with van der Waals surface area (Å²) in [6, 6.07) is 14.7. The van der Waals surface area contributed by atoms with Crippen LogP contribution in [-0.4, -0.2) is 22.0 Å². The van der Waals surface area contributed by atoms with Gasteiger partial charge in [-0.15, -0.1) is 0 Å². The second-order valence-electron chi connectivity index (χ2n) is 7.09. The first-order valence-corrected chi connectivity index (χ1v) is 9.39. The molecule has 1 N–H and O–H groups in total. The van der Waals surface area contributed by atoms with Gasteiger partial charge in [0.2, 0.25) is 0 Å². The number of hydrogen-bond acceptors (Lipinski definition) is 3. The molecular formula is C22H25N3O2. The van der Waals surface area contributed by atoms with Crippen molar-refractivity contribution in [1.82, 2.24) is 14.9 Å². The Hall–Kier alpha value is -2.95. The van der Waals surface area contributed by atoms with Gasteiger partial charge in [0.1, 0.15) is 5.69 Å². The zero-order valence-corrected chi connectivity index (χ0v) is 16.0. The van der Waals surface area contributed by atoms with E-state index in [0.29, 0.717) is 30.3 Å². The monoisotopic (exact) mass is 363 g/mol. The van der Waals surface area contributed by atoms with Crippen molar-refractivity contribution in [2.75, 3.05) is 6.54 Å². The van der Waals surface area contributed by atoms with Gasteiger partial charge >= 0.3 is 0 Å². The van der Waals surface area contributed by atoms with Gasteiger partial charge in [0, 0.05) is 24.2 Å². The molecule has 1 amide bonds. The number of carbonyl (C=O) groups is 1. The van der Waals surface area contributed by atoms with Gasteiger partial charge in [-0.3, -0.25) is 9.59 Å². The predicted octanol–water partition coefficient (Wildman–Crippen LogP) is 3.86. The predicted molar refractivity (Wildman–Crippen MR) is 109 cm³/mol. The highest BCUT2D eigenvalue weighted by Gasteiger charge is 2.14. The molecule has 5 nitrogen and oxygen atoms in total. The minimum atomic E-state index is -0.106. The summed E-state index contributed by atoms with van der Waals surface area (Å²) in [5, 5.41) is 2.85. The highest BCUT2D eigenvalue weighted by molar-refractivity contribution is 5.94. The number of para-hydroxylation sites is 2. The number of amides is 1. The molecule has 0 aliphatic carbocycles. The van der Waals surface area contributed by atoms with Crippen molar-refractivity contribution >= 4 is 16.9 Å². The fraction of sp³-hybridized carbons (Fsp3) is 0.318. The molecule has 0 radical (unpaired) electrons. The number of aromatic nitrogens is 2. The molecule has 2 aromatic carbocycles. The van der Waals surface area contributed by atoms with Crippen LogP contribution in [0.1, 0.15) is 37.6 Å². The molecule has 0 aliphatic heterocycles. The van der Waals surface area contributed by atoms with Crippen LogP contribution in [0, 0.1) is 5.92 Å². The molecule has 0 fully saturated rings. The minimum Gasteiger partial charge on any atom is -0.352 e. The largest absolute Gasteiger partial charge is 0.352 e. The van der Waals surface area contributed by atoms with Gasteiger partial charge in [0.05, 0.1) is 11.0 Å². The number of carbonyl (C=O) groups excluding carboxylic acids is 1. The van der Waals surface area contributed by atoms with E-state index in [9.17, 15) is 9.59 Å². The van der Waals surface area contributed by atoms with E-state index in [1.54, 1.807) is 28.8 Å². The zero-order valence-electron chi connectivity index (χ0n) is 16.0. The van der Waals surface area contributed by atoms with Crippen molar-refractivity contribution in [2.45, 2.75) is 33.7 Å². The molecule has 3 rings (SSSR count). The number of rotatable bonds is 6. The van der Waals surface area contributed by atoms with Gasteiger partial charge in [-0.05, 0) is 36.6 Å². The van der Waals surface area contributed by atoms with Crippen LogP contribution in [-0.2, 0) is 6.54 Å². The molecule has 0 bridgehead atoms. The van der Waals surface area contributed by atoms with Crippen LogP contribution in [0.15, 0.2) is 53.3 Å². The summed E-state index contributed by atoms with van der Waals surface area (Å²) in [6.45, 7) is 7.46. The summed E-state index contributed by atoms with van der Waals surface area (Å²) in [5.74, 6) is 0.234. The normalized spacial score (nSPS) is 11.1. The first kappa shape index (κ1) is 18.8. The number of fused-ring (bicyclic) bond motifs is 1. The summed E-state index contributed by atoms with van der Waals surface area (Å²) in [6.07, 6.45) is 0.889. The van der Waals surface area contributed by atoms with Crippen molar-refractivity contribution in [3.05, 3.63) is 64.4 Å². The number of nitrogens with zero attached hydrogens (tertiary/aromatic N) is 2. The van der Waals surface area contributed by atoms with E-state index in [4.69, 9.17) is 0 Å². The van der Waals surface area contributed by atoms with E-state index in [2.05, 4.69) is 24.1 Å². The topological polar surface area (TPSA) is 64.0 Å². The second kappa shape index (κ2) is 8.16. The van der Waals surface area contributed by atoms with Crippen molar-refractivity contribution in [3.8, 4) is 11.3 Å². The molecule has 0 atom stereocenters. The van der Waals surface area contributed by atoms with Gasteiger partial charge in [-0.25, -0.2) is 4.98 Å². The summed E-state index contributed by atoms with van der Waals surface area (Å²) in [4.78, 5) is 29.8. The molecule has 0 saturated carbocycles. The quantitative estimate of drug-likeness (QED) is 0.723. The first-order valence-electron chi connectivity index (χ1n) is 9.39. The maximum atomic E-state index is 13.1.